The van der Waals surface area contributed by atoms with Gasteiger partial charge in [-0.15, -0.1) is 0 Å². The van der Waals surface area contributed by atoms with Crippen molar-refractivity contribution < 1.29 is 19.3 Å². The fraction of sp³-hybridized carbons (Fsp3) is 0.294. The van der Waals surface area contributed by atoms with E-state index in [-0.39, 0.29) is 5.75 Å². The van der Waals surface area contributed by atoms with Gasteiger partial charge in [-0.2, -0.15) is 0 Å². The van der Waals surface area contributed by atoms with E-state index in [9.17, 15) is 5.11 Å². The van der Waals surface area contributed by atoms with Gasteiger partial charge in [-0.25, -0.2) is 0 Å². The second-order valence-corrected chi connectivity index (χ2v) is 5.05. The number of aryl methyl sites for hydroxylation is 2. The summed E-state index contributed by atoms with van der Waals surface area (Å²) in [5.74, 6) is 2.36. The molecule has 0 spiro atoms. The van der Waals surface area contributed by atoms with Crippen molar-refractivity contribution in [3.8, 4) is 23.0 Å². The number of methoxy groups -OCH3 is 1. The number of ether oxygens (including phenoxy) is 3. The van der Waals surface area contributed by atoms with Crippen LogP contribution in [0.15, 0.2) is 36.4 Å². The fourth-order valence-electron chi connectivity index (χ4n) is 2.47. The summed E-state index contributed by atoms with van der Waals surface area (Å²) < 4.78 is 15.8. The predicted molar refractivity (Wildman–Crippen MR) is 79.2 cm³/mol. The number of aromatic hydroxyl groups is 1. The highest BCUT2D eigenvalue weighted by molar-refractivity contribution is 5.44. The van der Waals surface area contributed by atoms with Crippen LogP contribution >= 0.6 is 0 Å². The van der Waals surface area contributed by atoms with E-state index in [0.29, 0.717) is 12.5 Å². The number of hydrogen-bond acceptors (Lipinski definition) is 4. The van der Waals surface area contributed by atoms with Crippen molar-refractivity contribution in [2.45, 2.75) is 19.3 Å². The molecule has 0 aromatic heterocycles. The molecule has 2 aromatic carbocycles. The molecular formula is C17H18O4. The summed E-state index contributed by atoms with van der Waals surface area (Å²) in [5, 5.41) is 9.58. The van der Waals surface area contributed by atoms with Crippen molar-refractivity contribution in [3.05, 3.63) is 47.5 Å². The third kappa shape index (κ3) is 3.05. The molecule has 3 rings (SSSR count). The summed E-state index contributed by atoms with van der Waals surface area (Å²) in [7, 11) is 1.56. The highest BCUT2D eigenvalue weighted by atomic mass is 16.7. The molecule has 2 aromatic rings. The summed E-state index contributed by atoms with van der Waals surface area (Å²) in [5.41, 5.74) is 2.40. The highest BCUT2D eigenvalue weighted by Crippen LogP contribution is 2.33. The van der Waals surface area contributed by atoms with Gasteiger partial charge in [0.1, 0.15) is 0 Å². The number of hydrogen-bond donors (Lipinski definition) is 1. The Morgan fingerprint density at radius 1 is 1.00 bits per heavy atom. The SMILES string of the molecule is COc1cc(CCCc2ccc3c(c2)OCO3)ccc1O. The molecule has 0 unspecified atom stereocenters. The fourth-order valence-corrected chi connectivity index (χ4v) is 2.47. The first kappa shape index (κ1) is 13.6. The van der Waals surface area contributed by atoms with Crippen LogP contribution in [0.1, 0.15) is 17.5 Å². The van der Waals surface area contributed by atoms with Crippen molar-refractivity contribution in [2.75, 3.05) is 13.9 Å². The lowest BCUT2D eigenvalue weighted by Crippen LogP contribution is -1.93. The summed E-state index contributed by atoms with van der Waals surface area (Å²) in [6, 6.07) is 11.6. The molecule has 4 heteroatoms. The molecule has 4 nitrogen and oxygen atoms in total. The zero-order chi connectivity index (χ0) is 14.7. The minimum absolute atomic E-state index is 0.178. The maximum Gasteiger partial charge on any atom is 0.231 e. The van der Waals surface area contributed by atoms with Crippen LogP contribution in [-0.2, 0) is 12.8 Å². The topological polar surface area (TPSA) is 47.9 Å². The molecule has 1 aliphatic heterocycles. The van der Waals surface area contributed by atoms with Gasteiger partial charge in [-0.05, 0) is 54.7 Å². The van der Waals surface area contributed by atoms with E-state index >= 15 is 0 Å². The lowest BCUT2D eigenvalue weighted by molar-refractivity contribution is 0.174. The van der Waals surface area contributed by atoms with Crippen LogP contribution in [0.25, 0.3) is 0 Å². The highest BCUT2D eigenvalue weighted by Gasteiger charge is 2.12. The minimum atomic E-state index is 0.178. The average Bonchev–Trinajstić information content (AvgIpc) is 2.96. The van der Waals surface area contributed by atoms with E-state index < -0.39 is 0 Å². The first-order valence-electron chi connectivity index (χ1n) is 7.00. The lowest BCUT2D eigenvalue weighted by atomic mass is 10.0. The number of rotatable bonds is 5. The molecule has 0 aliphatic carbocycles. The van der Waals surface area contributed by atoms with Crippen molar-refractivity contribution in [1.82, 2.24) is 0 Å². The first-order chi connectivity index (χ1) is 10.3. The van der Waals surface area contributed by atoms with Gasteiger partial charge in [-0.1, -0.05) is 12.1 Å². The number of phenols is 1. The molecule has 1 aliphatic rings. The van der Waals surface area contributed by atoms with Gasteiger partial charge in [0.15, 0.2) is 23.0 Å². The summed E-state index contributed by atoms with van der Waals surface area (Å²) >= 11 is 0. The van der Waals surface area contributed by atoms with E-state index in [4.69, 9.17) is 14.2 Å². The lowest BCUT2D eigenvalue weighted by Gasteiger charge is -2.07. The molecular weight excluding hydrogens is 268 g/mol. The van der Waals surface area contributed by atoms with Crippen LogP contribution in [0.2, 0.25) is 0 Å². The van der Waals surface area contributed by atoms with Gasteiger partial charge < -0.3 is 19.3 Å². The van der Waals surface area contributed by atoms with E-state index in [0.717, 1.165) is 36.3 Å². The molecule has 0 fully saturated rings. The zero-order valence-corrected chi connectivity index (χ0v) is 12.0. The maximum absolute atomic E-state index is 9.58. The van der Waals surface area contributed by atoms with Crippen LogP contribution in [0.5, 0.6) is 23.0 Å². The third-order valence-corrected chi connectivity index (χ3v) is 3.61. The Labute approximate surface area is 123 Å². The van der Waals surface area contributed by atoms with E-state index in [1.165, 1.54) is 5.56 Å². The normalized spacial score (nSPS) is 12.4. The van der Waals surface area contributed by atoms with Crippen LogP contribution in [-0.4, -0.2) is 19.0 Å². The second kappa shape index (κ2) is 5.95. The monoisotopic (exact) mass is 286 g/mol. The molecule has 0 saturated heterocycles. The van der Waals surface area contributed by atoms with Crippen LogP contribution in [0.3, 0.4) is 0 Å². The molecule has 0 atom stereocenters. The van der Waals surface area contributed by atoms with E-state index in [2.05, 4.69) is 6.07 Å². The summed E-state index contributed by atoms with van der Waals surface area (Å²) in [4.78, 5) is 0. The van der Waals surface area contributed by atoms with Crippen molar-refractivity contribution >= 4 is 0 Å². The Morgan fingerprint density at radius 2 is 1.71 bits per heavy atom. The smallest absolute Gasteiger partial charge is 0.231 e. The van der Waals surface area contributed by atoms with Crippen molar-refractivity contribution in [1.29, 1.82) is 0 Å². The van der Waals surface area contributed by atoms with Crippen LogP contribution in [0, 0.1) is 0 Å². The second-order valence-electron chi connectivity index (χ2n) is 5.05. The van der Waals surface area contributed by atoms with Gasteiger partial charge in [0.05, 0.1) is 7.11 Å². The zero-order valence-electron chi connectivity index (χ0n) is 12.0. The Balaban J connectivity index is 1.58. The summed E-state index contributed by atoms with van der Waals surface area (Å²) in [6.45, 7) is 0.312. The van der Waals surface area contributed by atoms with E-state index in [1.54, 1.807) is 13.2 Å². The third-order valence-electron chi connectivity index (χ3n) is 3.61. The number of fused-ring (bicyclic) bond motifs is 1. The van der Waals surface area contributed by atoms with Gasteiger partial charge in [0.2, 0.25) is 6.79 Å². The largest absolute Gasteiger partial charge is 0.504 e. The standard InChI is InChI=1S/C17H18O4/c1-19-16-9-12(5-7-14(16)18)3-2-4-13-6-8-15-17(10-13)21-11-20-15/h5-10,18H,2-4,11H2,1H3. The van der Waals surface area contributed by atoms with Crippen molar-refractivity contribution in [3.63, 3.8) is 0 Å². The molecule has 0 amide bonds. The first-order valence-corrected chi connectivity index (χ1v) is 7.00. The minimum Gasteiger partial charge on any atom is -0.504 e. The Hall–Kier alpha value is -2.36. The average molecular weight is 286 g/mol. The van der Waals surface area contributed by atoms with Gasteiger partial charge in [0.25, 0.3) is 0 Å². The molecule has 21 heavy (non-hydrogen) atoms. The van der Waals surface area contributed by atoms with Gasteiger partial charge >= 0.3 is 0 Å². The predicted octanol–water partition coefficient (Wildman–Crippen LogP) is 3.30. The molecule has 110 valence electrons. The maximum atomic E-state index is 9.58. The Kier molecular flexibility index (Phi) is 3.86. The molecule has 1 heterocycles. The molecule has 0 saturated carbocycles. The number of phenolic OH excluding ortho intramolecular Hbond substituents is 1. The van der Waals surface area contributed by atoms with Crippen molar-refractivity contribution in [2.24, 2.45) is 0 Å². The van der Waals surface area contributed by atoms with Crippen LogP contribution in [0.4, 0.5) is 0 Å². The molecule has 0 radical (unpaired) electrons. The molecule has 1 N–H and O–H groups in total. The van der Waals surface area contributed by atoms with Gasteiger partial charge in [-0.3, -0.25) is 0 Å². The Bertz CT molecular complexity index is 626. The Morgan fingerprint density at radius 3 is 2.52 bits per heavy atom. The van der Waals surface area contributed by atoms with E-state index in [1.807, 2.05) is 24.3 Å². The molecule has 0 bridgehead atoms. The quantitative estimate of drug-likeness (QED) is 0.916. The summed E-state index contributed by atoms with van der Waals surface area (Å²) in [6.07, 6.45) is 2.93. The number of benzene rings is 2. The van der Waals surface area contributed by atoms with Crippen LogP contribution < -0.4 is 14.2 Å². The van der Waals surface area contributed by atoms with Gasteiger partial charge in [0, 0.05) is 0 Å².